The van der Waals surface area contributed by atoms with Gasteiger partial charge in [-0.05, 0) is 30.2 Å². The van der Waals surface area contributed by atoms with Crippen LogP contribution in [0, 0.1) is 0 Å². The van der Waals surface area contributed by atoms with Crippen LogP contribution in [-0.2, 0) is 22.7 Å². The lowest BCUT2D eigenvalue weighted by Crippen LogP contribution is -2.75. The summed E-state index contributed by atoms with van der Waals surface area (Å²) in [5.41, 5.74) is 7.42. The smallest absolute Gasteiger partial charge is 0.334 e. The molecule has 0 saturated carbocycles. The van der Waals surface area contributed by atoms with Gasteiger partial charge in [0.2, 0.25) is 17.7 Å². The SMILES string of the molecule is C=CCN1CC(=O)N2[C@@H](C)C(=O)N(Cc3cccc(C(N)=O)c3)C[C@@H]2N1C(=O)NCc1ccccc1. The maximum absolute atomic E-state index is 13.4. The van der Waals surface area contributed by atoms with Crippen LogP contribution in [0.2, 0.25) is 0 Å². The van der Waals surface area contributed by atoms with E-state index in [9.17, 15) is 19.2 Å². The molecule has 2 aliphatic rings. The quantitative estimate of drug-likeness (QED) is 0.567. The Morgan fingerprint density at radius 2 is 1.83 bits per heavy atom. The second kappa shape index (κ2) is 10.6. The maximum atomic E-state index is 13.4. The molecule has 5 amide bonds. The Hall–Kier alpha value is -4.18. The van der Waals surface area contributed by atoms with E-state index in [1.54, 1.807) is 47.2 Å². The number of carbonyl (C=O) groups excluding carboxylic acids is 4. The molecule has 0 aromatic heterocycles. The van der Waals surface area contributed by atoms with Gasteiger partial charge in [0, 0.05) is 25.2 Å². The summed E-state index contributed by atoms with van der Waals surface area (Å²) in [7, 11) is 0. The molecule has 2 saturated heterocycles. The molecular formula is C26H30N6O4. The Morgan fingerprint density at radius 1 is 1.11 bits per heavy atom. The van der Waals surface area contributed by atoms with Crippen molar-refractivity contribution in [3.63, 3.8) is 0 Å². The molecule has 0 unspecified atom stereocenters. The van der Waals surface area contributed by atoms with Gasteiger partial charge in [0.1, 0.15) is 12.2 Å². The predicted molar refractivity (Wildman–Crippen MR) is 133 cm³/mol. The van der Waals surface area contributed by atoms with Gasteiger partial charge < -0.3 is 20.9 Å². The Kier molecular flexibility index (Phi) is 7.35. The van der Waals surface area contributed by atoms with Crippen LogP contribution in [0.5, 0.6) is 0 Å². The fourth-order valence-corrected chi connectivity index (χ4v) is 4.70. The number of nitrogens with one attached hydrogen (secondary N) is 1. The highest BCUT2D eigenvalue weighted by Crippen LogP contribution is 2.27. The first-order chi connectivity index (χ1) is 17.3. The molecule has 188 valence electrons. The first-order valence-corrected chi connectivity index (χ1v) is 11.8. The second-order valence-electron chi connectivity index (χ2n) is 8.87. The van der Waals surface area contributed by atoms with Gasteiger partial charge in [0.25, 0.3) is 0 Å². The topological polar surface area (TPSA) is 119 Å². The van der Waals surface area contributed by atoms with Crippen LogP contribution in [-0.4, -0.2) is 75.4 Å². The summed E-state index contributed by atoms with van der Waals surface area (Å²) in [5, 5.41) is 6.09. The van der Waals surface area contributed by atoms with Crippen LogP contribution in [0.25, 0.3) is 0 Å². The van der Waals surface area contributed by atoms with Gasteiger partial charge in [-0.3, -0.25) is 14.4 Å². The van der Waals surface area contributed by atoms with Gasteiger partial charge in [-0.2, -0.15) is 0 Å². The molecule has 10 nitrogen and oxygen atoms in total. The number of hydrazine groups is 1. The summed E-state index contributed by atoms with van der Waals surface area (Å²) >= 11 is 0. The van der Waals surface area contributed by atoms with Gasteiger partial charge in [-0.25, -0.2) is 14.8 Å². The minimum atomic E-state index is -0.758. The second-order valence-corrected chi connectivity index (χ2v) is 8.87. The largest absolute Gasteiger partial charge is 0.366 e. The highest BCUT2D eigenvalue weighted by Gasteiger charge is 2.49. The van der Waals surface area contributed by atoms with Crippen molar-refractivity contribution in [1.29, 1.82) is 0 Å². The Morgan fingerprint density at radius 3 is 2.53 bits per heavy atom. The molecule has 2 aliphatic heterocycles. The fourth-order valence-electron chi connectivity index (χ4n) is 4.70. The number of carbonyl (C=O) groups is 4. The third-order valence-corrected chi connectivity index (χ3v) is 6.40. The van der Waals surface area contributed by atoms with Crippen molar-refractivity contribution in [2.45, 2.75) is 32.2 Å². The molecule has 0 spiro atoms. The summed E-state index contributed by atoms with van der Waals surface area (Å²) in [4.78, 5) is 54.4. The van der Waals surface area contributed by atoms with Crippen LogP contribution in [0.4, 0.5) is 4.79 Å². The highest BCUT2D eigenvalue weighted by molar-refractivity contribution is 5.93. The molecule has 2 atom stereocenters. The molecule has 10 heteroatoms. The van der Waals surface area contributed by atoms with Gasteiger partial charge in [0.15, 0.2) is 0 Å². The lowest BCUT2D eigenvalue weighted by Gasteiger charge is -2.54. The van der Waals surface area contributed by atoms with E-state index in [0.29, 0.717) is 12.1 Å². The number of primary amides is 1. The van der Waals surface area contributed by atoms with Gasteiger partial charge in [0.05, 0.1) is 13.1 Å². The molecule has 0 radical (unpaired) electrons. The van der Waals surface area contributed by atoms with Crippen molar-refractivity contribution < 1.29 is 19.2 Å². The minimum absolute atomic E-state index is 0.0421. The standard InChI is InChI=1S/C26H30N6O4/c1-3-12-30-17-23(33)31-18(2)25(35)29(15-20-10-7-11-21(13-20)24(27)34)16-22(31)32(30)26(36)28-14-19-8-5-4-6-9-19/h3-11,13,18,22H,1,12,14-17H2,2H3,(H2,27,34)(H,28,36)/t18-,22-/m0/s1. The lowest BCUT2D eigenvalue weighted by atomic mass is 10.1. The molecular weight excluding hydrogens is 460 g/mol. The van der Waals surface area contributed by atoms with E-state index < -0.39 is 18.1 Å². The molecule has 2 aromatic carbocycles. The molecule has 3 N–H and O–H groups in total. The molecule has 2 fully saturated rings. The van der Waals surface area contributed by atoms with E-state index in [1.807, 2.05) is 30.3 Å². The molecule has 0 bridgehead atoms. The third-order valence-electron chi connectivity index (χ3n) is 6.40. The molecule has 36 heavy (non-hydrogen) atoms. The number of amides is 5. The summed E-state index contributed by atoms with van der Waals surface area (Å²) in [6.45, 7) is 6.32. The van der Waals surface area contributed by atoms with E-state index in [-0.39, 0.29) is 44.0 Å². The first kappa shape index (κ1) is 24.9. The van der Waals surface area contributed by atoms with Crippen molar-refractivity contribution >= 4 is 23.8 Å². The Balaban J connectivity index is 1.60. The normalized spacial score (nSPS) is 20.2. The number of hydrogen-bond acceptors (Lipinski definition) is 5. The number of benzene rings is 2. The lowest BCUT2D eigenvalue weighted by molar-refractivity contribution is -0.188. The van der Waals surface area contributed by atoms with Crippen LogP contribution in [0.15, 0.2) is 67.3 Å². The molecule has 4 rings (SSSR count). The zero-order valence-electron chi connectivity index (χ0n) is 20.2. The van der Waals surface area contributed by atoms with E-state index >= 15 is 0 Å². The summed E-state index contributed by atoms with van der Waals surface area (Å²) < 4.78 is 0. The number of piperazine rings is 1. The monoisotopic (exact) mass is 490 g/mol. The maximum Gasteiger partial charge on any atom is 0.334 e. The van der Waals surface area contributed by atoms with Crippen molar-refractivity contribution in [2.75, 3.05) is 19.6 Å². The molecule has 0 aliphatic carbocycles. The predicted octanol–water partition coefficient (Wildman–Crippen LogP) is 1.30. The van der Waals surface area contributed by atoms with Crippen molar-refractivity contribution in [1.82, 2.24) is 25.1 Å². The van der Waals surface area contributed by atoms with E-state index in [1.165, 1.54) is 9.91 Å². The number of fused-ring (bicyclic) bond motifs is 1. The number of rotatable bonds is 7. The van der Waals surface area contributed by atoms with Crippen LogP contribution in [0.1, 0.15) is 28.4 Å². The fraction of sp³-hybridized carbons (Fsp3) is 0.308. The summed E-state index contributed by atoms with van der Waals surface area (Å²) in [6, 6.07) is 15.2. The van der Waals surface area contributed by atoms with Crippen LogP contribution >= 0.6 is 0 Å². The van der Waals surface area contributed by atoms with Crippen molar-refractivity contribution in [3.8, 4) is 0 Å². The average molecular weight is 491 g/mol. The van der Waals surface area contributed by atoms with Gasteiger partial charge in [-0.15, -0.1) is 6.58 Å². The van der Waals surface area contributed by atoms with Crippen molar-refractivity contribution in [3.05, 3.63) is 83.9 Å². The van der Waals surface area contributed by atoms with Crippen LogP contribution < -0.4 is 11.1 Å². The van der Waals surface area contributed by atoms with E-state index in [4.69, 9.17) is 5.73 Å². The van der Waals surface area contributed by atoms with E-state index in [2.05, 4.69) is 11.9 Å². The average Bonchev–Trinajstić information content (AvgIpc) is 2.86. The summed E-state index contributed by atoms with van der Waals surface area (Å²) in [5.74, 6) is -1.02. The third kappa shape index (κ3) is 5.08. The zero-order valence-corrected chi connectivity index (χ0v) is 20.2. The highest BCUT2D eigenvalue weighted by atomic mass is 16.2. The van der Waals surface area contributed by atoms with E-state index in [0.717, 1.165) is 11.1 Å². The zero-order chi connectivity index (χ0) is 25.8. The van der Waals surface area contributed by atoms with Gasteiger partial charge in [-0.1, -0.05) is 48.5 Å². The molecule has 2 heterocycles. The Labute approximate surface area is 209 Å². The molecule has 2 aromatic rings. The Bertz CT molecular complexity index is 1170. The van der Waals surface area contributed by atoms with Crippen LogP contribution in [0.3, 0.4) is 0 Å². The number of nitrogens with zero attached hydrogens (tertiary/aromatic N) is 4. The van der Waals surface area contributed by atoms with Gasteiger partial charge >= 0.3 is 6.03 Å². The summed E-state index contributed by atoms with van der Waals surface area (Å²) in [6.07, 6.45) is 0.930. The minimum Gasteiger partial charge on any atom is -0.366 e. The first-order valence-electron chi connectivity index (χ1n) is 11.8. The number of nitrogens with two attached hydrogens (primary N) is 1. The number of urea groups is 1. The number of hydrogen-bond donors (Lipinski definition) is 2. The van der Waals surface area contributed by atoms with Crippen molar-refractivity contribution in [2.24, 2.45) is 5.73 Å².